The molecule has 0 radical (unpaired) electrons. The zero-order valence-electron chi connectivity index (χ0n) is 14.5. The molecular weight excluding hydrogens is 344 g/mol. The van der Waals surface area contributed by atoms with Gasteiger partial charge in [0.15, 0.2) is 0 Å². The number of aliphatic carboxylic acids is 1. The van der Waals surface area contributed by atoms with Gasteiger partial charge in [-0.15, -0.1) is 0 Å². The third kappa shape index (κ3) is 5.81. The van der Waals surface area contributed by atoms with Gasteiger partial charge in [0, 0.05) is 19.6 Å². The molecule has 6 nitrogen and oxygen atoms in total. The highest BCUT2D eigenvalue weighted by Gasteiger charge is 2.27. The Morgan fingerprint density at radius 1 is 1.44 bits per heavy atom. The summed E-state index contributed by atoms with van der Waals surface area (Å²) in [5.74, 6) is -0.679. The summed E-state index contributed by atoms with van der Waals surface area (Å²) in [7, 11) is 0. The van der Waals surface area contributed by atoms with Gasteiger partial charge in [0.2, 0.25) is 0 Å². The molecule has 1 unspecified atom stereocenters. The number of piperidine rings is 1. The van der Waals surface area contributed by atoms with Crippen LogP contribution in [0.1, 0.15) is 38.2 Å². The van der Waals surface area contributed by atoms with Crippen molar-refractivity contribution in [2.75, 3.05) is 19.7 Å². The topological polar surface area (TPSA) is 78.9 Å². The summed E-state index contributed by atoms with van der Waals surface area (Å²) in [6, 6.07) is 5.20. The van der Waals surface area contributed by atoms with Crippen molar-refractivity contribution >= 4 is 23.6 Å². The molecule has 1 aromatic carbocycles. The standard InChI is InChI=1S/C18H25ClN2O4/c1-2-3-9-25-16-7-6-13(10-15(16)19)11-20-18(24)21-8-4-5-14(12-21)17(22)23/h6-7,10,14H,2-5,8-9,11-12H2,1H3,(H,20,24)(H,22,23). The van der Waals surface area contributed by atoms with E-state index in [1.165, 1.54) is 0 Å². The van der Waals surface area contributed by atoms with E-state index in [1.807, 2.05) is 6.07 Å². The maximum absolute atomic E-state index is 12.2. The van der Waals surface area contributed by atoms with Gasteiger partial charge in [-0.05, 0) is 37.0 Å². The third-order valence-electron chi connectivity index (χ3n) is 4.25. The van der Waals surface area contributed by atoms with Gasteiger partial charge >= 0.3 is 12.0 Å². The number of nitrogens with zero attached hydrogens (tertiary/aromatic N) is 1. The SMILES string of the molecule is CCCCOc1ccc(CNC(=O)N2CCCC(C(=O)O)C2)cc1Cl. The van der Waals surface area contributed by atoms with E-state index < -0.39 is 11.9 Å². The lowest BCUT2D eigenvalue weighted by Gasteiger charge is -2.30. The Kier molecular flexibility index (Phi) is 7.37. The Bertz CT molecular complexity index is 609. The number of unbranched alkanes of at least 4 members (excludes halogenated alkanes) is 1. The average molecular weight is 369 g/mol. The van der Waals surface area contributed by atoms with Crippen LogP contribution in [0.5, 0.6) is 5.75 Å². The number of carbonyl (C=O) groups is 2. The Morgan fingerprint density at radius 3 is 2.92 bits per heavy atom. The van der Waals surface area contributed by atoms with E-state index in [0.29, 0.717) is 43.3 Å². The fourth-order valence-corrected chi connectivity index (χ4v) is 3.01. The number of ether oxygens (including phenoxy) is 1. The number of halogens is 1. The largest absolute Gasteiger partial charge is 0.492 e. The molecule has 0 aromatic heterocycles. The van der Waals surface area contributed by atoms with E-state index in [2.05, 4.69) is 12.2 Å². The van der Waals surface area contributed by atoms with Gasteiger partial charge in [0.1, 0.15) is 5.75 Å². The third-order valence-corrected chi connectivity index (χ3v) is 4.55. The van der Waals surface area contributed by atoms with Gasteiger partial charge in [0.25, 0.3) is 0 Å². The summed E-state index contributed by atoms with van der Waals surface area (Å²) < 4.78 is 5.60. The second-order valence-electron chi connectivity index (χ2n) is 6.25. The van der Waals surface area contributed by atoms with E-state index in [-0.39, 0.29) is 12.6 Å². The van der Waals surface area contributed by atoms with Gasteiger partial charge in [-0.2, -0.15) is 0 Å². The van der Waals surface area contributed by atoms with Crippen molar-refractivity contribution in [2.24, 2.45) is 5.92 Å². The Morgan fingerprint density at radius 2 is 2.24 bits per heavy atom. The molecule has 25 heavy (non-hydrogen) atoms. The second kappa shape index (κ2) is 9.51. The highest BCUT2D eigenvalue weighted by atomic mass is 35.5. The van der Waals surface area contributed by atoms with E-state index in [4.69, 9.17) is 21.4 Å². The molecule has 138 valence electrons. The molecule has 1 aliphatic rings. The van der Waals surface area contributed by atoms with Gasteiger partial charge in [-0.3, -0.25) is 4.79 Å². The normalized spacial score (nSPS) is 17.2. The van der Waals surface area contributed by atoms with Crippen LogP contribution in [0.2, 0.25) is 5.02 Å². The molecule has 7 heteroatoms. The highest BCUT2D eigenvalue weighted by Crippen LogP contribution is 2.25. The zero-order valence-corrected chi connectivity index (χ0v) is 15.2. The summed E-state index contributed by atoms with van der Waals surface area (Å²) in [5, 5.41) is 12.4. The van der Waals surface area contributed by atoms with Gasteiger partial charge < -0.3 is 20.1 Å². The zero-order chi connectivity index (χ0) is 18.2. The number of carbonyl (C=O) groups excluding carboxylic acids is 1. The van der Waals surface area contributed by atoms with E-state index >= 15 is 0 Å². The molecule has 1 atom stereocenters. The van der Waals surface area contributed by atoms with Crippen molar-refractivity contribution < 1.29 is 19.4 Å². The van der Waals surface area contributed by atoms with Crippen LogP contribution < -0.4 is 10.1 Å². The maximum Gasteiger partial charge on any atom is 0.317 e. The minimum Gasteiger partial charge on any atom is -0.492 e. The summed E-state index contributed by atoms with van der Waals surface area (Å²) in [6.07, 6.45) is 3.36. The molecule has 1 aliphatic heterocycles. The lowest BCUT2D eigenvalue weighted by molar-refractivity contribution is -0.143. The first kappa shape index (κ1) is 19.4. The number of rotatable bonds is 7. The molecule has 1 heterocycles. The molecular formula is C18H25ClN2O4. The van der Waals surface area contributed by atoms with Crippen molar-refractivity contribution in [2.45, 2.75) is 39.2 Å². The second-order valence-corrected chi connectivity index (χ2v) is 6.66. The van der Waals surface area contributed by atoms with Crippen molar-refractivity contribution in [1.82, 2.24) is 10.2 Å². The smallest absolute Gasteiger partial charge is 0.317 e. The molecule has 0 bridgehead atoms. The Hall–Kier alpha value is -1.95. The molecule has 2 N–H and O–H groups in total. The molecule has 0 spiro atoms. The van der Waals surface area contributed by atoms with Gasteiger partial charge in [-0.1, -0.05) is 31.0 Å². The average Bonchev–Trinajstić information content (AvgIpc) is 2.61. The van der Waals surface area contributed by atoms with E-state index in [1.54, 1.807) is 17.0 Å². The number of benzene rings is 1. The number of carboxylic acids is 1. The van der Waals surface area contributed by atoms with Gasteiger partial charge in [0.05, 0.1) is 17.5 Å². The summed E-state index contributed by atoms with van der Waals surface area (Å²) in [5.41, 5.74) is 0.869. The predicted octanol–water partition coefficient (Wildman–Crippen LogP) is 3.53. The molecule has 2 amide bonds. The molecule has 0 saturated carbocycles. The van der Waals surface area contributed by atoms with Crippen LogP contribution in [-0.4, -0.2) is 41.7 Å². The molecule has 2 rings (SSSR count). The Labute approximate surface area is 153 Å². The Balaban J connectivity index is 1.85. The lowest BCUT2D eigenvalue weighted by atomic mass is 9.99. The van der Waals surface area contributed by atoms with Gasteiger partial charge in [-0.25, -0.2) is 4.79 Å². The number of likely N-dealkylation sites (tertiary alicyclic amines) is 1. The number of nitrogens with one attached hydrogen (secondary N) is 1. The number of urea groups is 1. The molecule has 1 aromatic rings. The van der Waals surface area contributed by atoms with Crippen LogP contribution in [0.4, 0.5) is 4.79 Å². The number of carboxylic acid groups (broad SMARTS) is 1. The van der Waals surface area contributed by atoms with Crippen LogP contribution >= 0.6 is 11.6 Å². The fourth-order valence-electron chi connectivity index (χ4n) is 2.75. The fraction of sp³-hybridized carbons (Fsp3) is 0.556. The number of hydrogen-bond acceptors (Lipinski definition) is 3. The van der Waals surface area contributed by atoms with Crippen LogP contribution in [0, 0.1) is 5.92 Å². The first-order valence-corrected chi connectivity index (χ1v) is 9.06. The van der Waals surface area contributed by atoms with Crippen molar-refractivity contribution in [3.63, 3.8) is 0 Å². The molecule has 1 fully saturated rings. The monoisotopic (exact) mass is 368 g/mol. The van der Waals surface area contributed by atoms with Crippen LogP contribution in [0.25, 0.3) is 0 Å². The number of amides is 2. The number of hydrogen-bond donors (Lipinski definition) is 2. The summed E-state index contributed by atoms with van der Waals surface area (Å²) in [4.78, 5) is 24.9. The van der Waals surface area contributed by atoms with Crippen molar-refractivity contribution in [3.05, 3.63) is 28.8 Å². The molecule has 0 aliphatic carbocycles. The van der Waals surface area contributed by atoms with Crippen molar-refractivity contribution in [1.29, 1.82) is 0 Å². The minimum absolute atomic E-state index is 0.245. The first-order chi connectivity index (χ1) is 12.0. The minimum atomic E-state index is -0.844. The maximum atomic E-state index is 12.2. The van der Waals surface area contributed by atoms with E-state index in [9.17, 15) is 9.59 Å². The predicted molar refractivity (Wildman–Crippen MR) is 96.0 cm³/mol. The first-order valence-electron chi connectivity index (χ1n) is 8.68. The lowest BCUT2D eigenvalue weighted by Crippen LogP contribution is -2.46. The van der Waals surface area contributed by atoms with Crippen LogP contribution in [-0.2, 0) is 11.3 Å². The van der Waals surface area contributed by atoms with Crippen LogP contribution in [0.3, 0.4) is 0 Å². The quantitative estimate of drug-likeness (QED) is 0.721. The highest BCUT2D eigenvalue weighted by molar-refractivity contribution is 6.32. The van der Waals surface area contributed by atoms with Crippen LogP contribution in [0.15, 0.2) is 18.2 Å². The summed E-state index contributed by atoms with van der Waals surface area (Å²) in [6.45, 7) is 3.90. The molecule has 1 saturated heterocycles. The summed E-state index contributed by atoms with van der Waals surface area (Å²) >= 11 is 6.21. The van der Waals surface area contributed by atoms with E-state index in [0.717, 1.165) is 18.4 Å². The van der Waals surface area contributed by atoms with Crippen molar-refractivity contribution in [3.8, 4) is 5.75 Å².